The molecule has 3 saturated heterocycles. The Morgan fingerprint density at radius 2 is 1.75 bits per heavy atom. The molecule has 3 heteroatoms. The molecule has 3 fully saturated rings. The number of nitrogens with zero attached hydrogens (tertiary/aromatic N) is 2. The lowest BCUT2D eigenvalue weighted by Crippen LogP contribution is -2.63. The van der Waals surface area contributed by atoms with Gasteiger partial charge in [0.2, 0.25) is 0 Å². The minimum Gasteiger partial charge on any atom is -0.323 e. The smallest absolute Gasteiger partial charge is 0.0465 e. The van der Waals surface area contributed by atoms with Crippen LogP contribution in [0.1, 0.15) is 11.6 Å². The molecule has 0 saturated carbocycles. The molecule has 0 spiro atoms. The highest BCUT2D eigenvalue weighted by atomic mass is 15.3. The maximum Gasteiger partial charge on any atom is 0.0465 e. The first kappa shape index (κ1) is 10.3. The molecule has 4 rings (SSSR count). The minimum absolute atomic E-state index is 0.157. The van der Waals surface area contributed by atoms with Crippen molar-refractivity contribution in [2.24, 2.45) is 5.73 Å². The third kappa shape index (κ3) is 1.75. The number of piperazine rings is 3. The van der Waals surface area contributed by atoms with E-state index < -0.39 is 0 Å². The van der Waals surface area contributed by atoms with E-state index >= 15 is 0 Å². The van der Waals surface area contributed by atoms with Gasteiger partial charge in [-0.15, -0.1) is 0 Å². The number of hydrogen-bond donors (Lipinski definition) is 1. The van der Waals surface area contributed by atoms with Gasteiger partial charge in [0.05, 0.1) is 0 Å². The van der Waals surface area contributed by atoms with Gasteiger partial charge >= 0.3 is 0 Å². The van der Waals surface area contributed by atoms with E-state index in [0.717, 1.165) is 6.54 Å². The average Bonchev–Trinajstić information content (AvgIpc) is 2.40. The van der Waals surface area contributed by atoms with Gasteiger partial charge < -0.3 is 5.73 Å². The quantitative estimate of drug-likeness (QED) is 0.791. The molecule has 2 atom stereocenters. The zero-order chi connectivity index (χ0) is 11.0. The first-order valence-corrected chi connectivity index (χ1v) is 6.11. The summed E-state index contributed by atoms with van der Waals surface area (Å²) < 4.78 is 0. The number of fused-ring (bicyclic) bond motifs is 3. The summed E-state index contributed by atoms with van der Waals surface area (Å²) in [4.78, 5) is 5.09. The van der Waals surface area contributed by atoms with Crippen molar-refractivity contribution in [3.8, 4) is 0 Å². The predicted molar refractivity (Wildman–Crippen MR) is 65.2 cm³/mol. The number of benzene rings is 1. The van der Waals surface area contributed by atoms with Crippen molar-refractivity contribution in [1.29, 1.82) is 0 Å². The topological polar surface area (TPSA) is 32.5 Å². The second kappa shape index (κ2) is 4.17. The number of rotatable bonds is 2. The van der Waals surface area contributed by atoms with Crippen molar-refractivity contribution in [2.75, 3.05) is 32.7 Å². The first-order valence-electron chi connectivity index (χ1n) is 6.11. The van der Waals surface area contributed by atoms with E-state index in [-0.39, 0.29) is 6.04 Å². The van der Waals surface area contributed by atoms with E-state index in [9.17, 15) is 0 Å². The molecular weight excluding hydrogens is 198 g/mol. The van der Waals surface area contributed by atoms with Gasteiger partial charge in [0.1, 0.15) is 0 Å². The zero-order valence-electron chi connectivity index (χ0n) is 9.55. The van der Waals surface area contributed by atoms with Crippen LogP contribution in [-0.2, 0) is 0 Å². The standard InChI is InChI=1S/C13H19N3/c14-13(11-4-2-1-3-5-11)12-10-15-6-8-16(12)9-7-15/h1-5,12-13H,6-10,14H2. The molecule has 2 unspecified atom stereocenters. The van der Waals surface area contributed by atoms with Gasteiger partial charge in [-0.2, -0.15) is 0 Å². The van der Waals surface area contributed by atoms with Gasteiger partial charge in [-0.3, -0.25) is 9.80 Å². The molecule has 3 nitrogen and oxygen atoms in total. The van der Waals surface area contributed by atoms with Gasteiger partial charge in [-0.05, 0) is 5.56 Å². The SMILES string of the molecule is NC(c1ccccc1)C1CN2CCN1CC2. The average molecular weight is 217 g/mol. The monoisotopic (exact) mass is 217 g/mol. The van der Waals surface area contributed by atoms with Crippen LogP contribution in [0.3, 0.4) is 0 Å². The molecule has 3 aliphatic heterocycles. The summed E-state index contributed by atoms with van der Waals surface area (Å²) in [6.07, 6.45) is 0. The fourth-order valence-electron chi connectivity index (χ4n) is 2.90. The van der Waals surface area contributed by atoms with Crippen LogP contribution in [0.4, 0.5) is 0 Å². The lowest BCUT2D eigenvalue weighted by atomic mass is 9.95. The van der Waals surface area contributed by atoms with Gasteiger partial charge in [-0.1, -0.05) is 30.3 Å². The first-order chi connectivity index (χ1) is 7.84. The highest BCUT2D eigenvalue weighted by molar-refractivity contribution is 5.21. The summed E-state index contributed by atoms with van der Waals surface area (Å²) >= 11 is 0. The van der Waals surface area contributed by atoms with Crippen LogP contribution in [0.15, 0.2) is 30.3 Å². The number of nitrogens with two attached hydrogens (primary N) is 1. The fourth-order valence-corrected chi connectivity index (χ4v) is 2.90. The lowest BCUT2D eigenvalue weighted by molar-refractivity contribution is 0.00215. The van der Waals surface area contributed by atoms with Gasteiger partial charge in [0, 0.05) is 44.8 Å². The van der Waals surface area contributed by atoms with Gasteiger partial charge in [0.25, 0.3) is 0 Å². The Morgan fingerprint density at radius 3 is 2.31 bits per heavy atom. The van der Waals surface area contributed by atoms with Crippen molar-refractivity contribution in [1.82, 2.24) is 9.80 Å². The maximum atomic E-state index is 6.39. The van der Waals surface area contributed by atoms with E-state index in [4.69, 9.17) is 5.73 Å². The summed E-state index contributed by atoms with van der Waals surface area (Å²) in [6, 6.07) is 11.1. The Kier molecular flexibility index (Phi) is 2.67. The van der Waals surface area contributed by atoms with E-state index in [0.29, 0.717) is 6.04 Å². The molecule has 3 heterocycles. The Hall–Kier alpha value is -0.900. The summed E-state index contributed by atoms with van der Waals surface area (Å²) in [6.45, 7) is 5.95. The Bertz CT molecular complexity index is 343. The van der Waals surface area contributed by atoms with E-state index in [1.807, 2.05) is 6.07 Å². The van der Waals surface area contributed by atoms with Crippen molar-refractivity contribution in [3.63, 3.8) is 0 Å². The normalized spacial score (nSPS) is 34.9. The molecule has 16 heavy (non-hydrogen) atoms. The molecule has 1 aromatic carbocycles. The molecular formula is C13H19N3. The largest absolute Gasteiger partial charge is 0.323 e. The molecule has 1 aromatic rings. The summed E-state index contributed by atoms with van der Waals surface area (Å²) in [5, 5.41) is 0. The van der Waals surface area contributed by atoms with Crippen LogP contribution in [0, 0.1) is 0 Å². The maximum absolute atomic E-state index is 6.39. The Balaban J connectivity index is 1.78. The minimum atomic E-state index is 0.157. The van der Waals surface area contributed by atoms with Gasteiger partial charge in [-0.25, -0.2) is 0 Å². The van der Waals surface area contributed by atoms with Crippen molar-refractivity contribution in [2.45, 2.75) is 12.1 Å². The van der Waals surface area contributed by atoms with Crippen LogP contribution >= 0.6 is 0 Å². The highest BCUT2D eigenvalue weighted by Gasteiger charge is 2.35. The molecule has 3 aliphatic rings. The third-order valence-electron chi connectivity index (χ3n) is 3.92. The highest BCUT2D eigenvalue weighted by Crippen LogP contribution is 2.25. The second-order valence-electron chi connectivity index (χ2n) is 4.84. The Labute approximate surface area is 96.8 Å². The molecule has 0 aromatic heterocycles. The van der Waals surface area contributed by atoms with Crippen molar-refractivity contribution < 1.29 is 0 Å². The molecule has 86 valence electrons. The molecule has 0 amide bonds. The van der Waals surface area contributed by atoms with Crippen LogP contribution in [0.2, 0.25) is 0 Å². The van der Waals surface area contributed by atoms with Gasteiger partial charge in [0.15, 0.2) is 0 Å². The fraction of sp³-hybridized carbons (Fsp3) is 0.538. The summed E-state index contributed by atoms with van der Waals surface area (Å²) in [5.74, 6) is 0. The third-order valence-corrected chi connectivity index (χ3v) is 3.92. The van der Waals surface area contributed by atoms with E-state index in [1.54, 1.807) is 0 Å². The Morgan fingerprint density at radius 1 is 1.06 bits per heavy atom. The molecule has 0 aliphatic carbocycles. The predicted octanol–water partition coefficient (Wildman–Crippen LogP) is 0.686. The van der Waals surface area contributed by atoms with Crippen molar-refractivity contribution in [3.05, 3.63) is 35.9 Å². The van der Waals surface area contributed by atoms with Crippen LogP contribution in [0.25, 0.3) is 0 Å². The summed E-state index contributed by atoms with van der Waals surface area (Å²) in [5.41, 5.74) is 7.65. The van der Waals surface area contributed by atoms with E-state index in [2.05, 4.69) is 34.1 Å². The van der Waals surface area contributed by atoms with Crippen LogP contribution in [-0.4, -0.2) is 48.6 Å². The molecule has 2 N–H and O–H groups in total. The zero-order valence-corrected chi connectivity index (χ0v) is 9.55. The molecule has 2 bridgehead atoms. The van der Waals surface area contributed by atoms with Crippen molar-refractivity contribution >= 4 is 0 Å². The lowest BCUT2D eigenvalue weighted by Gasteiger charge is -2.49. The summed E-state index contributed by atoms with van der Waals surface area (Å²) in [7, 11) is 0. The molecule has 0 radical (unpaired) electrons. The van der Waals surface area contributed by atoms with E-state index in [1.165, 1.54) is 31.7 Å². The second-order valence-corrected chi connectivity index (χ2v) is 4.84. The van der Waals surface area contributed by atoms with Crippen LogP contribution < -0.4 is 5.73 Å². The number of hydrogen-bond acceptors (Lipinski definition) is 3. The van der Waals surface area contributed by atoms with Crippen LogP contribution in [0.5, 0.6) is 0 Å².